The van der Waals surface area contributed by atoms with E-state index in [4.69, 9.17) is 4.74 Å². The van der Waals surface area contributed by atoms with Gasteiger partial charge in [0.05, 0.1) is 4.92 Å². The number of nitro benzene ring substituents is 1. The first-order chi connectivity index (χ1) is 12.8. The Hall–Kier alpha value is -3.95. The monoisotopic (exact) mass is 373 g/mol. The maximum Gasteiger partial charge on any atom is 0.342 e. The lowest BCUT2D eigenvalue weighted by molar-refractivity contribution is -0.384. The summed E-state index contributed by atoms with van der Waals surface area (Å²) >= 11 is 0. The Kier molecular flexibility index (Phi) is 6.05. The molecule has 0 spiro atoms. The summed E-state index contributed by atoms with van der Waals surface area (Å²) < 4.78 is 4.77. The predicted molar refractivity (Wildman–Crippen MR) is 91.8 cm³/mol. The summed E-state index contributed by atoms with van der Waals surface area (Å²) in [5.41, 5.74) is 4.42. The van der Waals surface area contributed by atoms with E-state index in [0.29, 0.717) is 5.56 Å². The number of nitro groups is 1. The smallest absolute Gasteiger partial charge is 0.342 e. The van der Waals surface area contributed by atoms with E-state index < -0.39 is 29.3 Å². The lowest BCUT2D eigenvalue weighted by Gasteiger charge is -2.09. The van der Waals surface area contributed by atoms with Crippen LogP contribution in [0.5, 0.6) is 5.75 Å². The fraction of sp³-hybridized carbons (Fsp3) is 0.118. The van der Waals surface area contributed by atoms with Crippen LogP contribution in [0.3, 0.4) is 0 Å². The average Bonchev–Trinajstić information content (AvgIpc) is 2.66. The molecule has 0 unspecified atom stereocenters. The Bertz CT molecular complexity index is 894. The Morgan fingerprint density at radius 2 is 1.78 bits per heavy atom. The fourth-order valence-corrected chi connectivity index (χ4v) is 2.00. The van der Waals surface area contributed by atoms with Gasteiger partial charge in [0, 0.05) is 17.7 Å². The van der Waals surface area contributed by atoms with E-state index in [9.17, 15) is 29.6 Å². The highest BCUT2D eigenvalue weighted by molar-refractivity contribution is 5.96. The number of aromatic hydroxyl groups is 1. The third kappa shape index (κ3) is 5.01. The molecule has 140 valence electrons. The molecule has 10 heteroatoms. The number of benzene rings is 2. The van der Waals surface area contributed by atoms with E-state index in [1.54, 1.807) is 19.1 Å². The number of carbonyl (C=O) groups excluding carboxylic acids is 3. The molecular weight excluding hydrogens is 358 g/mol. The van der Waals surface area contributed by atoms with Crippen molar-refractivity contribution in [1.82, 2.24) is 10.9 Å². The second-order valence-corrected chi connectivity index (χ2v) is 5.35. The zero-order valence-corrected chi connectivity index (χ0v) is 14.1. The van der Waals surface area contributed by atoms with Crippen LogP contribution < -0.4 is 10.9 Å². The van der Waals surface area contributed by atoms with Crippen molar-refractivity contribution in [1.29, 1.82) is 0 Å². The Balaban J connectivity index is 1.83. The van der Waals surface area contributed by atoms with Gasteiger partial charge < -0.3 is 9.84 Å². The molecule has 2 aromatic carbocycles. The standard InChI is InChI=1S/C17H15N3O7/c1-10-3-2-4-13(15(10)22)17(24)27-9-14(21)18-19-16(23)11-5-7-12(8-6-11)20(25)26/h2-8,22H,9H2,1H3,(H,18,21)(H,19,23). The minimum Gasteiger partial charge on any atom is -0.507 e. The van der Waals surface area contributed by atoms with Crippen molar-refractivity contribution in [2.45, 2.75) is 6.92 Å². The molecule has 0 aromatic heterocycles. The second-order valence-electron chi connectivity index (χ2n) is 5.35. The summed E-state index contributed by atoms with van der Waals surface area (Å²) in [6.45, 7) is 0.916. The van der Waals surface area contributed by atoms with Gasteiger partial charge in [-0.25, -0.2) is 4.79 Å². The van der Waals surface area contributed by atoms with Crippen LogP contribution in [0.1, 0.15) is 26.3 Å². The van der Waals surface area contributed by atoms with Gasteiger partial charge in [-0.15, -0.1) is 0 Å². The minimum atomic E-state index is -0.895. The van der Waals surface area contributed by atoms with Crippen molar-refractivity contribution in [2.24, 2.45) is 0 Å². The molecule has 0 saturated heterocycles. The van der Waals surface area contributed by atoms with Gasteiger partial charge >= 0.3 is 5.97 Å². The van der Waals surface area contributed by atoms with Crippen LogP contribution >= 0.6 is 0 Å². The van der Waals surface area contributed by atoms with Crippen LogP contribution in [0.25, 0.3) is 0 Å². The number of hydrazine groups is 1. The normalized spacial score (nSPS) is 9.96. The SMILES string of the molecule is Cc1cccc(C(=O)OCC(=O)NNC(=O)c2ccc([N+](=O)[O-])cc2)c1O. The molecule has 0 aliphatic rings. The zero-order chi connectivity index (χ0) is 20.0. The third-order valence-electron chi connectivity index (χ3n) is 3.45. The van der Waals surface area contributed by atoms with E-state index in [0.717, 1.165) is 12.1 Å². The average molecular weight is 373 g/mol. The van der Waals surface area contributed by atoms with Gasteiger partial charge in [0.1, 0.15) is 11.3 Å². The molecule has 10 nitrogen and oxygen atoms in total. The molecule has 2 aromatic rings. The number of phenolic OH excluding ortho intramolecular Hbond substituents is 1. The lowest BCUT2D eigenvalue weighted by atomic mass is 10.1. The van der Waals surface area contributed by atoms with E-state index >= 15 is 0 Å². The van der Waals surface area contributed by atoms with Gasteiger partial charge in [-0.3, -0.25) is 30.6 Å². The molecule has 0 aliphatic heterocycles. The van der Waals surface area contributed by atoms with Crippen molar-refractivity contribution in [3.8, 4) is 5.75 Å². The second kappa shape index (κ2) is 8.43. The van der Waals surface area contributed by atoms with Gasteiger partial charge in [-0.05, 0) is 30.7 Å². The number of aryl methyl sites for hydroxylation is 1. The maximum atomic E-state index is 11.9. The number of phenols is 1. The van der Waals surface area contributed by atoms with Crippen molar-refractivity contribution in [3.63, 3.8) is 0 Å². The summed E-state index contributed by atoms with van der Waals surface area (Å²) in [6.07, 6.45) is 0. The van der Waals surface area contributed by atoms with E-state index in [2.05, 4.69) is 5.43 Å². The predicted octanol–water partition coefficient (Wildman–Crippen LogP) is 1.23. The lowest BCUT2D eigenvalue weighted by Crippen LogP contribution is -2.43. The highest BCUT2D eigenvalue weighted by Crippen LogP contribution is 2.21. The summed E-state index contributed by atoms with van der Waals surface area (Å²) in [4.78, 5) is 45.3. The first kappa shape index (κ1) is 19.4. The molecule has 0 saturated carbocycles. The molecule has 0 atom stereocenters. The van der Waals surface area contributed by atoms with Crippen LogP contribution in [0, 0.1) is 17.0 Å². The number of esters is 1. The quantitative estimate of drug-likeness (QED) is 0.405. The maximum absolute atomic E-state index is 11.9. The number of nitrogens with zero attached hydrogens (tertiary/aromatic N) is 1. The Morgan fingerprint density at radius 3 is 2.41 bits per heavy atom. The summed E-state index contributed by atoms with van der Waals surface area (Å²) in [7, 11) is 0. The van der Waals surface area contributed by atoms with Gasteiger partial charge in [0.25, 0.3) is 17.5 Å². The minimum absolute atomic E-state index is 0.0854. The fourth-order valence-electron chi connectivity index (χ4n) is 2.00. The number of ether oxygens (including phenoxy) is 1. The number of nitrogens with one attached hydrogen (secondary N) is 2. The molecule has 2 rings (SSSR count). The summed E-state index contributed by atoms with van der Waals surface area (Å²) in [5.74, 6) is -2.66. The number of hydrogen-bond donors (Lipinski definition) is 3. The van der Waals surface area contributed by atoms with Crippen LogP contribution in [0.15, 0.2) is 42.5 Å². The van der Waals surface area contributed by atoms with Crippen LogP contribution in [-0.4, -0.2) is 34.4 Å². The van der Waals surface area contributed by atoms with Crippen molar-refractivity contribution >= 4 is 23.5 Å². The van der Waals surface area contributed by atoms with Gasteiger partial charge in [0.15, 0.2) is 6.61 Å². The summed E-state index contributed by atoms with van der Waals surface area (Å²) in [6, 6.07) is 9.24. The number of rotatable bonds is 5. The van der Waals surface area contributed by atoms with Crippen LogP contribution in [0.2, 0.25) is 0 Å². The molecule has 0 bridgehead atoms. The number of amides is 2. The molecular formula is C17H15N3O7. The number of hydrogen-bond acceptors (Lipinski definition) is 7. The van der Waals surface area contributed by atoms with Crippen molar-refractivity contribution in [3.05, 3.63) is 69.3 Å². The van der Waals surface area contributed by atoms with Crippen LogP contribution in [-0.2, 0) is 9.53 Å². The molecule has 3 N–H and O–H groups in total. The molecule has 2 amide bonds. The van der Waals surface area contributed by atoms with Gasteiger partial charge in [-0.2, -0.15) is 0 Å². The highest BCUT2D eigenvalue weighted by Gasteiger charge is 2.16. The highest BCUT2D eigenvalue weighted by atomic mass is 16.6. The van der Waals surface area contributed by atoms with Crippen molar-refractivity contribution in [2.75, 3.05) is 6.61 Å². The third-order valence-corrected chi connectivity index (χ3v) is 3.45. The summed E-state index contributed by atoms with van der Waals surface area (Å²) in [5, 5.41) is 20.3. The van der Waals surface area contributed by atoms with Crippen molar-refractivity contribution < 1.29 is 29.2 Å². The molecule has 0 fully saturated rings. The first-order valence-electron chi connectivity index (χ1n) is 7.59. The molecule has 27 heavy (non-hydrogen) atoms. The number of para-hydroxylation sites is 1. The Labute approximate surface area is 152 Å². The molecule has 0 radical (unpaired) electrons. The Morgan fingerprint density at radius 1 is 1.11 bits per heavy atom. The largest absolute Gasteiger partial charge is 0.507 e. The number of non-ortho nitro benzene ring substituents is 1. The first-order valence-corrected chi connectivity index (χ1v) is 7.59. The topological polar surface area (TPSA) is 148 Å². The van der Waals surface area contributed by atoms with Crippen LogP contribution in [0.4, 0.5) is 5.69 Å². The van der Waals surface area contributed by atoms with Gasteiger partial charge in [0.2, 0.25) is 0 Å². The van der Waals surface area contributed by atoms with Gasteiger partial charge in [-0.1, -0.05) is 12.1 Å². The van der Waals surface area contributed by atoms with E-state index in [1.165, 1.54) is 18.2 Å². The van der Waals surface area contributed by atoms with E-state index in [-0.39, 0.29) is 22.6 Å². The van der Waals surface area contributed by atoms with E-state index in [1.807, 2.05) is 5.43 Å². The zero-order valence-electron chi connectivity index (χ0n) is 14.1. The molecule has 0 heterocycles. The molecule has 0 aliphatic carbocycles. The number of carbonyl (C=O) groups is 3.